The number of hydrogen-bond acceptors (Lipinski definition) is 4. The molecule has 2 aromatic rings. The summed E-state index contributed by atoms with van der Waals surface area (Å²) in [5, 5.41) is 2.99. The van der Waals surface area contributed by atoms with Gasteiger partial charge in [0, 0.05) is 25.0 Å². The summed E-state index contributed by atoms with van der Waals surface area (Å²) in [5.74, 6) is -0.371. The van der Waals surface area contributed by atoms with Crippen molar-refractivity contribution in [2.45, 2.75) is 72.0 Å². The Morgan fingerprint density at radius 2 is 1.69 bits per heavy atom. The molecule has 1 atom stereocenters. The second kappa shape index (κ2) is 12.2. The predicted octanol–water partition coefficient (Wildman–Crippen LogP) is 4.26. The molecule has 0 spiro atoms. The summed E-state index contributed by atoms with van der Waals surface area (Å²) in [4.78, 5) is 28.1. The van der Waals surface area contributed by atoms with E-state index in [0.717, 1.165) is 11.1 Å². The first-order chi connectivity index (χ1) is 16.3. The quantitative estimate of drug-likeness (QED) is 0.498. The molecular weight excluding hydrogens is 462 g/mol. The normalized spacial score (nSPS) is 12.6. The number of nitrogens with one attached hydrogen (secondary N) is 1. The van der Waals surface area contributed by atoms with Crippen LogP contribution < -0.4 is 9.62 Å². The third-order valence-corrected chi connectivity index (χ3v) is 6.72. The van der Waals surface area contributed by atoms with Crippen LogP contribution in [0.3, 0.4) is 0 Å². The van der Waals surface area contributed by atoms with Crippen LogP contribution in [0.1, 0.15) is 58.1 Å². The van der Waals surface area contributed by atoms with Crippen LogP contribution in [0.25, 0.3) is 0 Å². The van der Waals surface area contributed by atoms with Crippen molar-refractivity contribution in [1.29, 1.82) is 0 Å². The van der Waals surface area contributed by atoms with Crippen LogP contribution in [0, 0.1) is 6.92 Å². The van der Waals surface area contributed by atoms with Crippen molar-refractivity contribution in [3.63, 3.8) is 0 Å². The van der Waals surface area contributed by atoms with Gasteiger partial charge in [-0.1, -0.05) is 49.4 Å². The second-order valence-electron chi connectivity index (χ2n) is 9.95. The van der Waals surface area contributed by atoms with Crippen LogP contribution in [0.5, 0.6) is 0 Å². The molecule has 0 saturated carbocycles. The van der Waals surface area contributed by atoms with Crippen LogP contribution in [0.15, 0.2) is 54.6 Å². The second-order valence-corrected chi connectivity index (χ2v) is 11.9. The third kappa shape index (κ3) is 9.02. The Balaban J connectivity index is 2.21. The lowest BCUT2D eigenvalue weighted by atomic mass is 10.0. The highest BCUT2D eigenvalue weighted by atomic mass is 32.2. The Morgan fingerprint density at radius 3 is 2.23 bits per heavy atom. The molecule has 0 aliphatic heterocycles. The SMILES string of the molecule is CCC(C(=O)NC(C)(C)C)N(Cc1ccccc1)C(=O)CCCN(c1cccc(C)c1)S(C)(=O)=O. The Bertz CT molecular complexity index is 1090. The maximum atomic E-state index is 13.4. The highest BCUT2D eigenvalue weighted by molar-refractivity contribution is 7.92. The van der Waals surface area contributed by atoms with Gasteiger partial charge in [-0.15, -0.1) is 0 Å². The first-order valence-corrected chi connectivity index (χ1v) is 13.9. The molecule has 0 aliphatic carbocycles. The van der Waals surface area contributed by atoms with Crippen LogP contribution in [-0.2, 0) is 26.2 Å². The number of carbonyl (C=O) groups excluding carboxylic acids is 2. The minimum absolute atomic E-state index is 0.129. The number of aryl methyl sites for hydroxylation is 1. The van der Waals surface area contributed by atoms with E-state index in [1.54, 1.807) is 11.0 Å². The average molecular weight is 502 g/mol. The van der Waals surface area contributed by atoms with Crippen molar-refractivity contribution in [2.24, 2.45) is 0 Å². The van der Waals surface area contributed by atoms with Gasteiger partial charge in [0.15, 0.2) is 0 Å². The summed E-state index contributed by atoms with van der Waals surface area (Å²) < 4.78 is 26.2. The highest BCUT2D eigenvalue weighted by Crippen LogP contribution is 2.21. The van der Waals surface area contributed by atoms with Gasteiger partial charge in [-0.05, 0) is 63.8 Å². The lowest BCUT2D eigenvalue weighted by molar-refractivity contribution is -0.142. The van der Waals surface area contributed by atoms with Crippen molar-refractivity contribution >= 4 is 27.5 Å². The van der Waals surface area contributed by atoms with E-state index in [4.69, 9.17) is 0 Å². The number of nitrogens with zero attached hydrogens (tertiary/aromatic N) is 2. The summed E-state index contributed by atoms with van der Waals surface area (Å²) >= 11 is 0. The fraction of sp³-hybridized carbons (Fsp3) is 0.481. The molecule has 0 heterocycles. The molecule has 1 N–H and O–H groups in total. The number of benzene rings is 2. The van der Waals surface area contributed by atoms with Crippen molar-refractivity contribution < 1.29 is 18.0 Å². The molecule has 0 radical (unpaired) electrons. The molecule has 0 saturated heterocycles. The third-order valence-electron chi connectivity index (χ3n) is 5.52. The number of amides is 2. The molecule has 2 aromatic carbocycles. The Kier molecular flexibility index (Phi) is 9.89. The van der Waals surface area contributed by atoms with Gasteiger partial charge in [0.1, 0.15) is 6.04 Å². The number of carbonyl (C=O) groups is 2. The summed E-state index contributed by atoms with van der Waals surface area (Å²) in [6, 6.07) is 16.2. The highest BCUT2D eigenvalue weighted by Gasteiger charge is 2.30. The summed E-state index contributed by atoms with van der Waals surface area (Å²) in [5.41, 5.74) is 2.05. The van der Waals surface area contributed by atoms with E-state index in [1.807, 2.05) is 83.1 Å². The van der Waals surface area contributed by atoms with Gasteiger partial charge in [-0.2, -0.15) is 0 Å². The van der Waals surface area contributed by atoms with E-state index in [2.05, 4.69) is 5.32 Å². The minimum atomic E-state index is -3.51. The van der Waals surface area contributed by atoms with E-state index in [1.165, 1.54) is 10.6 Å². The van der Waals surface area contributed by atoms with Crippen molar-refractivity contribution in [2.75, 3.05) is 17.1 Å². The van der Waals surface area contributed by atoms with Crippen molar-refractivity contribution in [1.82, 2.24) is 10.2 Å². The fourth-order valence-corrected chi connectivity index (χ4v) is 4.90. The molecule has 0 bridgehead atoms. The monoisotopic (exact) mass is 501 g/mol. The number of rotatable bonds is 11. The zero-order valence-electron chi connectivity index (χ0n) is 21.7. The largest absolute Gasteiger partial charge is 0.350 e. The van der Waals surface area contributed by atoms with Crippen LogP contribution in [-0.4, -0.2) is 49.5 Å². The number of sulfonamides is 1. The predicted molar refractivity (Wildman–Crippen MR) is 142 cm³/mol. The molecule has 2 rings (SSSR count). The van der Waals surface area contributed by atoms with E-state index >= 15 is 0 Å². The summed E-state index contributed by atoms with van der Waals surface area (Å²) in [6.45, 7) is 10.0. The standard InChI is InChI=1S/C27H39N3O4S/c1-7-24(26(32)28-27(3,4)5)29(20-22-14-9-8-10-15-22)25(31)17-12-18-30(35(6,33)34)23-16-11-13-21(2)19-23/h8-11,13-16,19,24H,7,12,17-18,20H2,1-6H3,(H,28,32). The minimum Gasteiger partial charge on any atom is -0.350 e. The lowest BCUT2D eigenvalue weighted by Gasteiger charge is -2.33. The summed E-state index contributed by atoms with van der Waals surface area (Å²) in [6.07, 6.45) is 2.11. The van der Waals surface area contributed by atoms with E-state index in [-0.39, 0.29) is 24.8 Å². The first kappa shape index (κ1) is 28.4. The van der Waals surface area contributed by atoms with Gasteiger partial charge < -0.3 is 10.2 Å². The van der Waals surface area contributed by atoms with Crippen LogP contribution in [0.2, 0.25) is 0 Å². The first-order valence-electron chi connectivity index (χ1n) is 12.0. The van der Waals surface area contributed by atoms with Gasteiger partial charge in [0.05, 0.1) is 11.9 Å². The van der Waals surface area contributed by atoms with E-state index in [9.17, 15) is 18.0 Å². The Hall–Kier alpha value is -2.87. The molecule has 2 amide bonds. The molecule has 35 heavy (non-hydrogen) atoms. The molecule has 192 valence electrons. The molecule has 0 aromatic heterocycles. The van der Waals surface area contributed by atoms with E-state index < -0.39 is 21.6 Å². The topological polar surface area (TPSA) is 86.8 Å². The van der Waals surface area contributed by atoms with Gasteiger partial charge in [-0.3, -0.25) is 13.9 Å². The number of anilines is 1. The molecular formula is C27H39N3O4S. The van der Waals surface area contributed by atoms with Gasteiger partial charge in [-0.25, -0.2) is 8.42 Å². The van der Waals surface area contributed by atoms with Gasteiger partial charge in [0.25, 0.3) is 0 Å². The number of hydrogen-bond donors (Lipinski definition) is 1. The maximum absolute atomic E-state index is 13.4. The maximum Gasteiger partial charge on any atom is 0.243 e. The van der Waals surface area contributed by atoms with Crippen LogP contribution >= 0.6 is 0 Å². The van der Waals surface area contributed by atoms with E-state index in [0.29, 0.717) is 25.1 Å². The summed E-state index contributed by atoms with van der Waals surface area (Å²) in [7, 11) is -3.51. The molecule has 0 aliphatic rings. The van der Waals surface area contributed by atoms with Crippen molar-refractivity contribution in [3.8, 4) is 0 Å². The molecule has 8 heteroatoms. The Morgan fingerprint density at radius 1 is 1.03 bits per heavy atom. The lowest BCUT2D eigenvalue weighted by Crippen LogP contribution is -2.53. The average Bonchev–Trinajstić information content (AvgIpc) is 2.75. The fourth-order valence-electron chi connectivity index (χ4n) is 3.94. The smallest absolute Gasteiger partial charge is 0.243 e. The molecule has 7 nitrogen and oxygen atoms in total. The zero-order chi connectivity index (χ0) is 26.2. The van der Waals surface area contributed by atoms with Crippen molar-refractivity contribution in [3.05, 3.63) is 65.7 Å². The molecule has 1 unspecified atom stereocenters. The van der Waals surface area contributed by atoms with Crippen LogP contribution in [0.4, 0.5) is 5.69 Å². The van der Waals surface area contributed by atoms with Gasteiger partial charge >= 0.3 is 0 Å². The zero-order valence-corrected chi connectivity index (χ0v) is 22.6. The Labute approximate surface area is 210 Å². The molecule has 0 fully saturated rings. The van der Waals surface area contributed by atoms with Gasteiger partial charge in [0.2, 0.25) is 21.8 Å².